The van der Waals surface area contributed by atoms with Crippen molar-refractivity contribution in [3.8, 4) is 0 Å². The van der Waals surface area contributed by atoms with Crippen LogP contribution in [0.3, 0.4) is 0 Å². The van der Waals surface area contributed by atoms with E-state index in [1.807, 2.05) is 0 Å². The summed E-state index contributed by atoms with van der Waals surface area (Å²) in [6.45, 7) is 7.79. The molecule has 2 unspecified atom stereocenters. The van der Waals surface area contributed by atoms with E-state index < -0.39 is 0 Å². The van der Waals surface area contributed by atoms with Crippen molar-refractivity contribution in [3.05, 3.63) is 16.5 Å². The average molecular weight is 353 g/mol. The third-order valence-electron chi connectivity index (χ3n) is 4.88. The van der Waals surface area contributed by atoms with Gasteiger partial charge in [-0.05, 0) is 54.7 Å². The summed E-state index contributed by atoms with van der Waals surface area (Å²) < 4.78 is 0.902. The number of rotatable bonds is 2. The molecule has 2 saturated heterocycles. The SMILES string of the molecule is CC(C)c1nc(Br)cc(N2CCC3C(CCCN3C)C2)n1. The fraction of sp³-hybridized carbons (Fsp3) is 0.750. The van der Waals surface area contributed by atoms with Gasteiger partial charge >= 0.3 is 0 Å². The second-order valence-electron chi connectivity index (χ2n) is 6.75. The monoisotopic (exact) mass is 352 g/mol. The van der Waals surface area contributed by atoms with E-state index in [9.17, 15) is 0 Å². The number of anilines is 1. The maximum atomic E-state index is 4.78. The van der Waals surface area contributed by atoms with Gasteiger partial charge in [-0.1, -0.05) is 13.8 Å². The molecule has 0 amide bonds. The number of halogens is 1. The van der Waals surface area contributed by atoms with Crippen molar-refractivity contribution in [1.29, 1.82) is 0 Å². The normalized spacial score (nSPS) is 27.0. The van der Waals surface area contributed by atoms with Crippen LogP contribution in [0.4, 0.5) is 5.82 Å². The number of fused-ring (bicyclic) bond motifs is 1. The minimum absolute atomic E-state index is 0.361. The summed E-state index contributed by atoms with van der Waals surface area (Å²) in [4.78, 5) is 14.3. The second-order valence-corrected chi connectivity index (χ2v) is 7.56. The molecule has 0 radical (unpaired) electrons. The Morgan fingerprint density at radius 2 is 2.05 bits per heavy atom. The van der Waals surface area contributed by atoms with Crippen LogP contribution in [-0.2, 0) is 0 Å². The fourth-order valence-electron chi connectivity index (χ4n) is 3.70. The molecule has 0 N–H and O–H groups in total. The van der Waals surface area contributed by atoms with E-state index in [0.29, 0.717) is 5.92 Å². The summed E-state index contributed by atoms with van der Waals surface area (Å²) in [5.74, 6) is 3.17. The lowest BCUT2D eigenvalue weighted by Crippen LogP contribution is -2.53. The van der Waals surface area contributed by atoms with Crippen LogP contribution in [0.15, 0.2) is 10.7 Å². The Morgan fingerprint density at radius 1 is 1.24 bits per heavy atom. The minimum Gasteiger partial charge on any atom is -0.356 e. The molecule has 1 aromatic rings. The Labute approximate surface area is 136 Å². The van der Waals surface area contributed by atoms with Crippen LogP contribution < -0.4 is 4.90 Å². The molecular weight excluding hydrogens is 328 g/mol. The van der Waals surface area contributed by atoms with Gasteiger partial charge in [-0.25, -0.2) is 9.97 Å². The summed E-state index contributed by atoms with van der Waals surface area (Å²) in [5.41, 5.74) is 0. The summed E-state index contributed by atoms with van der Waals surface area (Å²) in [7, 11) is 2.28. The van der Waals surface area contributed by atoms with Crippen molar-refractivity contribution in [3.63, 3.8) is 0 Å². The van der Waals surface area contributed by atoms with Gasteiger partial charge in [0.1, 0.15) is 16.2 Å². The van der Waals surface area contributed by atoms with Gasteiger partial charge in [0.15, 0.2) is 0 Å². The van der Waals surface area contributed by atoms with E-state index in [0.717, 1.165) is 41.3 Å². The zero-order valence-electron chi connectivity index (χ0n) is 13.2. The number of likely N-dealkylation sites (tertiary alicyclic amines) is 1. The molecule has 3 heterocycles. The Bertz CT molecular complexity index is 505. The lowest BCUT2D eigenvalue weighted by atomic mass is 9.84. The first-order chi connectivity index (χ1) is 10.0. The second kappa shape index (κ2) is 6.21. The summed E-state index contributed by atoms with van der Waals surface area (Å²) in [6, 6.07) is 2.84. The molecule has 0 saturated carbocycles. The van der Waals surface area contributed by atoms with E-state index in [-0.39, 0.29) is 0 Å². The summed E-state index contributed by atoms with van der Waals surface area (Å²) in [5, 5.41) is 0. The van der Waals surface area contributed by atoms with Crippen LogP contribution in [-0.4, -0.2) is 47.6 Å². The zero-order valence-corrected chi connectivity index (χ0v) is 14.8. The Kier molecular flexibility index (Phi) is 4.50. The van der Waals surface area contributed by atoms with Gasteiger partial charge in [0.05, 0.1) is 0 Å². The molecule has 2 fully saturated rings. The first kappa shape index (κ1) is 15.2. The Morgan fingerprint density at radius 3 is 2.81 bits per heavy atom. The summed E-state index contributed by atoms with van der Waals surface area (Å²) in [6.07, 6.45) is 3.94. The maximum Gasteiger partial charge on any atom is 0.134 e. The zero-order chi connectivity index (χ0) is 15.0. The minimum atomic E-state index is 0.361. The molecule has 3 rings (SSSR count). The molecule has 0 bridgehead atoms. The van der Waals surface area contributed by atoms with Gasteiger partial charge < -0.3 is 9.80 Å². The summed E-state index contributed by atoms with van der Waals surface area (Å²) >= 11 is 3.54. The highest BCUT2D eigenvalue weighted by molar-refractivity contribution is 9.10. The molecule has 1 aromatic heterocycles. The van der Waals surface area contributed by atoms with E-state index in [1.165, 1.54) is 25.8 Å². The molecule has 0 aromatic carbocycles. The standard InChI is InChI=1S/C16H25BrN4/c1-11(2)16-18-14(17)9-15(19-16)21-8-6-13-12(10-21)5-4-7-20(13)3/h9,11-13H,4-8,10H2,1-3H3. The fourth-order valence-corrected chi connectivity index (χ4v) is 4.09. The van der Waals surface area contributed by atoms with E-state index in [1.54, 1.807) is 0 Å². The van der Waals surface area contributed by atoms with Gasteiger partial charge in [0.25, 0.3) is 0 Å². The number of hydrogen-bond acceptors (Lipinski definition) is 4. The number of hydrogen-bond donors (Lipinski definition) is 0. The first-order valence-corrected chi connectivity index (χ1v) is 8.83. The highest BCUT2D eigenvalue weighted by Crippen LogP contribution is 2.32. The molecule has 21 heavy (non-hydrogen) atoms. The Balaban J connectivity index is 1.79. The molecule has 2 aliphatic heterocycles. The first-order valence-electron chi connectivity index (χ1n) is 8.04. The number of piperidine rings is 2. The van der Waals surface area contributed by atoms with E-state index in [2.05, 4.69) is 57.7 Å². The quantitative estimate of drug-likeness (QED) is 0.764. The van der Waals surface area contributed by atoms with Crippen molar-refractivity contribution in [2.24, 2.45) is 5.92 Å². The maximum absolute atomic E-state index is 4.78. The molecule has 4 nitrogen and oxygen atoms in total. The lowest BCUT2D eigenvalue weighted by molar-refractivity contribution is 0.102. The van der Waals surface area contributed by atoms with Crippen LogP contribution in [0.25, 0.3) is 0 Å². The van der Waals surface area contributed by atoms with Gasteiger partial charge in [0, 0.05) is 31.1 Å². The van der Waals surface area contributed by atoms with Gasteiger partial charge in [-0.2, -0.15) is 0 Å². The topological polar surface area (TPSA) is 32.3 Å². The highest BCUT2D eigenvalue weighted by atomic mass is 79.9. The molecule has 116 valence electrons. The molecule has 5 heteroatoms. The average Bonchev–Trinajstić information content (AvgIpc) is 2.46. The van der Waals surface area contributed by atoms with Crippen LogP contribution >= 0.6 is 15.9 Å². The van der Waals surface area contributed by atoms with Crippen molar-refractivity contribution < 1.29 is 0 Å². The number of nitrogens with zero attached hydrogens (tertiary/aromatic N) is 4. The molecule has 0 spiro atoms. The van der Waals surface area contributed by atoms with Crippen LogP contribution in [0.1, 0.15) is 44.9 Å². The lowest BCUT2D eigenvalue weighted by Gasteiger charge is -2.46. The van der Waals surface area contributed by atoms with Crippen molar-refractivity contribution in [1.82, 2.24) is 14.9 Å². The largest absolute Gasteiger partial charge is 0.356 e. The predicted octanol–water partition coefficient (Wildman–Crippen LogP) is 3.28. The van der Waals surface area contributed by atoms with Crippen molar-refractivity contribution in [2.45, 2.75) is 45.1 Å². The number of aromatic nitrogens is 2. The Hall–Kier alpha value is -0.680. The van der Waals surface area contributed by atoms with E-state index >= 15 is 0 Å². The predicted molar refractivity (Wildman–Crippen MR) is 89.8 cm³/mol. The molecule has 0 aliphatic carbocycles. The molecule has 2 aliphatic rings. The third kappa shape index (κ3) is 3.24. The van der Waals surface area contributed by atoms with Gasteiger partial charge in [-0.15, -0.1) is 0 Å². The molecule has 2 atom stereocenters. The molecular formula is C16H25BrN4. The van der Waals surface area contributed by atoms with Crippen LogP contribution in [0.2, 0.25) is 0 Å². The van der Waals surface area contributed by atoms with E-state index in [4.69, 9.17) is 4.98 Å². The van der Waals surface area contributed by atoms with Crippen LogP contribution in [0, 0.1) is 5.92 Å². The smallest absolute Gasteiger partial charge is 0.134 e. The van der Waals surface area contributed by atoms with Gasteiger partial charge in [-0.3, -0.25) is 0 Å². The van der Waals surface area contributed by atoms with Crippen molar-refractivity contribution in [2.75, 3.05) is 31.6 Å². The highest BCUT2D eigenvalue weighted by Gasteiger charge is 2.34. The van der Waals surface area contributed by atoms with Gasteiger partial charge in [0.2, 0.25) is 0 Å². The third-order valence-corrected chi connectivity index (χ3v) is 5.29. The van der Waals surface area contributed by atoms with Crippen molar-refractivity contribution >= 4 is 21.7 Å². The van der Waals surface area contributed by atoms with Crippen LogP contribution in [0.5, 0.6) is 0 Å².